The Balaban J connectivity index is 2.66. The van der Waals surface area contributed by atoms with Gasteiger partial charge < -0.3 is 30.3 Å². The Morgan fingerprint density at radius 2 is 1.73 bits per heavy atom. The maximum Gasteiger partial charge on any atom is 0.437 e. The van der Waals surface area contributed by atoms with E-state index in [0.29, 0.717) is 0 Å². The van der Waals surface area contributed by atoms with Gasteiger partial charge in [-0.3, -0.25) is 4.79 Å². The van der Waals surface area contributed by atoms with Crippen LogP contribution in [0.3, 0.4) is 0 Å². The van der Waals surface area contributed by atoms with Gasteiger partial charge in [0.2, 0.25) is 11.5 Å². The molecule has 3 atom stereocenters. The van der Waals surface area contributed by atoms with E-state index in [-0.39, 0.29) is 17.1 Å². The van der Waals surface area contributed by atoms with Crippen LogP contribution in [-0.4, -0.2) is 48.1 Å². The second kappa shape index (κ2) is 6.56. The van der Waals surface area contributed by atoms with E-state index < -0.39 is 41.4 Å². The molecule has 1 saturated heterocycles. The highest BCUT2D eigenvalue weighted by Crippen LogP contribution is 2.46. The van der Waals surface area contributed by atoms with Crippen molar-refractivity contribution in [2.24, 2.45) is 5.92 Å². The van der Waals surface area contributed by atoms with Crippen molar-refractivity contribution in [2.75, 3.05) is 14.2 Å². The van der Waals surface area contributed by atoms with Gasteiger partial charge in [0.05, 0.1) is 26.2 Å². The fraction of sp³-hybridized carbons (Fsp3) is 0.467. The molecule has 0 unspecified atom stereocenters. The second-order valence-corrected chi connectivity index (χ2v) is 5.70. The van der Waals surface area contributed by atoms with Crippen molar-refractivity contribution in [1.29, 1.82) is 0 Å². The van der Waals surface area contributed by atoms with Gasteiger partial charge in [-0.1, -0.05) is 0 Å². The normalized spacial score (nSPS) is 25.9. The molecule has 4 N–H and O–H groups in total. The Hall–Kier alpha value is -2.69. The first-order chi connectivity index (χ1) is 12.0. The smallest absolute Gasteiger partial charge is 0.437 e. The van der Waals surface area contributed by atoms with Crippen molar-refractivity contribution in [3.8, 4) is 17.2 Å². The number of benzene rings is 1. The number of carbonyl (C=O) groups excluding carboxylic acids is 2. The number of phenolic OH excluding ortho intramolecular Hbond substituents is 1. The third-order valence-corrected chi connectivity index (χ3v) is 4.11. The maximum absolute atomic E-state index is 13.4. The number of ketones is 1. The molecule has 1 aliphatic heterocycles. The van der Waals surface area contributed by atoms with E-state index in [1.165, 1.54) is 19.5 Å². The van der Waals surface area contributed by atoms with Crippen LogP contribution in [-0.2, 0) is 4.79 Å². The highest BCUT2D eigenvalue weighted by Gasteiger charge is 2.65. The number of methoxy groups -OCH3 is 2. The molecule has 0 spiro atoms. The number of nitrogens with one attached hydrogen (secondary N) is 2. The molecule has 11 heteroatoms. The van der Waals surface area contributed by atoms with Crippen LogP contribution in [0.1, 0.15) is 18.5 Å². The molecule has 0 aliphatic carbocycles. The Kier molecular flexibility index (Phi) is 4.95. The van der Waals surface area contributed by atoms with Crippen molar-refractivity contribution in [3.05, 3.63) is 17.7 Å². The van der Waals surface area contributed by atoms with Crippen LogP contribution >= 0.6 is 0 Å². The van der Waals surface area contributed by atoms with Gasteiger partial charge in [-0.25, -0.2) is 4.79 Å². The highest BCUT2D eigenvalue weighted by atomic mass is 19.4. The zero-order chi connectivity index (χ0) is 19.9. The minimum atomic E-state index is -5.32. The molecule has 26 heavy (non-hydrogen) atoms. The van der Waals surface area contributed by atoms with E-state index >= 15 is 0 Å². The number of urea groups is 1. The van der Waals surface area contributed by atoms with E-state index in [2.05, 4.69) is 5.32 Å². The maximum atomic E-state index is 13.4. The van der Waals surface area contributed by atoms with E-state index in [9.17, 15) is 33.0 Å². The molecule has 1 fully saturated rings. The third kappa shape index (κ3) is 3.09. The van der Waals surface area contributed by atoms with Gasteiger partial charge in [-0.15, -0.1) is 0 Å². The fourth-order valence-electron chi connectivity index (χ4n) is 2.90. The molecular formula is C15H17F3N2O6. The molecule has 0 saturated carbocycles. The summed E-state index contributed by atoms with van der Waals surface area (Å²) in [4.78, 5) is 23.7. The molecule has 1 heterocycles. The van der Waals surface area contributed by atoms with Gasteiger partial charge in [0.25, 0.3) is 0 Å². The molecule has 8 nitrogen and oxygen atoms in total. The van der Waals surface area contributed by atoms with Crippen molar-refractivity contribution >= 4 is 11.8 Å². The van der Waals surface area contributed by atoms with Gasteiger partial charge in [-0.05, 0) is 24.6 Å². The molecular weight excluding hydrogens is 361 g/mol. The number of rotatable bonds is 4. The third-order valence-electron chi connectivity index (χ3n) is 4.11. The molecule has 2 rings (SSSR count). The first kappa shape index (κ1) is 19.6. The number of carbonyl (C=O) groups is 2. The van der Waals surface area contributed by atoms with Crippen LogP contribution in [0.4, 0.5) is 18.0 Å². The largest absolute Gasteiger partial charge is 0.502 e. The van der Waals surface area contributed by atoms with Crippen LogP contribution in [0.2, 0.25) is 0 Å². The Labute approximate surface area is 145 Å². The number of halogens is 3. The van der Waals surface area contributed by atoms with Crippen LogP contribution < -0.4 is 20.1 Å². The first-order valence-electron chi connectivity index (χ1n) is 7.29. The molecule has 1 aromatic rings. The van der Waals surface area contributed by atoms with Gasteiger partial charge >= 0.3 is 12.2 Å². The zero-order valence-corrected chi connectivity index (χ0v) is 14.0. The predicted molar refractivity (Wildman–Crippen MR) is 80.8 cm³/mol. The van der Waals surface area contributed by atoms with Gasteiger partial charge in [-0.2, -0.15) is 13.2 Å². The number of phenols is 1. The summed E-state index contributed by atoms with van der Waals surface area (Å²) in [6.45, 7) is 0.864. The van der Waals surface area contributed by atoms with E-state index in [0.717, 1.165) is 19.1 Å². The highest BCUT2D eigenvalue weighted by molar-refractivity contribution is 5.86. The summed E-state index contributed by atoms with van der Waals surface area (Å²) in [5, 5.41) is 23.6. The van der Waals surface area contributed by atoms with Crippen molar-refractivity contribution in [2.45, 2.75) is 24.9 Å². The minimum absolute atomic E-state index is 0.0331. The number of amides is 2. The molecule has 144 valence electrons. The summed E-state index contributed by atoms with van der Waals surface area (Å²) in [6.07, 6.45) is -5.32. The molecule has 2 amide bonds. The lowest BCUT2D eigenvalue weighted by molar-refractivity contribution is -0.290. The van der Waals surface area contributed by atoms with Gasteiger partial charge in [0, 0.05) is 0 Å². The van der Waals surface area contributed by atoms with Crippen molar-refractivity contribution in [3.63, 3.8) is 0 Å². The number of ether oxygens (including phenoxy) is 2. The number of aliphatic hydroxyl groups is 1. The van der Waals surface area contributed by atoms with E-state index in [4.69, 9.17) is 9.47 Å². The number of hydrogen-bond donors (Lipinski definition) is 4. The summed E-state index contributed by atoms with van der Waals surface area (Å²) in [5.74, 6) is -3.83. The Morgan fingerprint density at radius 1 is 1.23 bits per heavy atom. The number of Topliss-reactive ketones (excluding diaryl/α,β-unsaturated/α-hetero) is 1. The van der Waals surface area contributed by atoms with Crippen LogP contribution in [0.25, 0.3) is 0 Å². The predicted octanol–water partition coefficient (Wildman–Crippen LogP) is 1.22. The number of hydrogen-bond acceptors (Lipinski definition) is 6. The topological polar surface area (TPSA) is 117 Å². The van der Waals surface area contributed by atoms with Crippen LogP contribution in [0.15, 0.2) is 12.1 Å². The number of alkyl halides is 3. The van der Waals surface area contributed by atoms with Crippen molar-refractivity contribution in [1.82, 2.24) is 10.6 Å². The summed E-state index contributed by atoms with van der Waals surface area (Å²) < 4.78 is 50.1. The summed E-state index contributed by atoms with van der Waals surface area (Å²) in [5.41, 5.74) is -3.81. The fourth-order valence-corrected chi connectivity index (χ4v) is 2.90. The summed E-state index contributed by atoms with van der Waals surface area (Å²) >= 11 is 0. The van der Waals surface area contributed by atoms with Gasteiger partial charge in [0.15, 0.2) is 11.5 Å². The zero-order valence-electron chi connectivity index (χ0n) is 14.0. The van der Waals surface area contributed by atoms with Gasteiger partial charge in [0.1, 0.15) is 5.78 Å². The average Bonchev–Trinajstić information content (AvgIpc) is 2.52. The lowest BCUT2D eigenvalue weighted by atomic mass is 9.79. The van der Waals surface area contributed by atoms with E-state index in [1.54, 1.807) is 0 Å². The summed E-state index contributed by atoms with van der Waals surface area (Å²) in [7, 11) is 2.40. The lowest BCUT2D eigenvalue weighted by Gasteiger charge is -2.44. The Morgan fingerprint density at radius 3 is 2.12 bits per heavy atom. The van der Waals surface area contributed by atoms with Crippen LogP contribution in [0, 0.1) is 5.92 Å². The summed E-state index contributed by atoms with van der Waals surface area (Å²) in [6, 6.07) is -0.601. The van der Waals surface area contributed by atoms with Crippen LogP contribution in [0.5, 0.6) is 17.2 Å². The second-order valence-electron chi connectivity index (χ2n) is 5.70. The average molecular weight is 378 g/mol. The Bertz CT molecular complexity index is 714. The lowest BCUT2D eigenvalue weighted by Crippen LogP contribution is -2.72. The monoisotopic (exact) mass is 378 g/mol. The minimum Gasteiger partial charge on any atom is -0.502 e. The standard InChI is InChI=1S/C15H17F3N2O6/c1-6(21)10-11(19-13(23)20-14(10,24)15(16,17)18)7-4-8(25-2)12(22)9(5-7)26-3/h4-5,10-11,22,24H,1-3H3,(H2,19,20,23)/t10-,11+,14-/m1/s1. The SMILES string of the molecule is COc1cc([C@@H]2NC(=O)N[C@](O)(C(F)(F)F)[C@@H]2C(C)=O)cc(OC)c1O. The molecule has 0 bridgehead atoms. The first-order valence-corrected chi connectivity index (χ1v) is 7.29. The van der Waals surface area contributed by atoms with Crippen molar-refractivity contribution < 1.29 is 42.4 Å². The van der Waals surface area contributed by atoms with E-state index in [1.807, 2.05) is 0 Å². The molecule has 0 aromatic heterocycles. The quantitative estimate of drug-likeness (QED) is 0.626. The number of aromatic hydroxyl groups is 1. The molecule has 0 radical (unpaired) electrons. The molecule has 1 aromatic carbocycles. The molecule has 1 aliphatic rings.